The van der Waals surface area contributed by atoms with Gasteiger partial charge in [0.1, 0.15) is 5.54 Å². The first kappa shape index (κ1) is 14.2. The lowest BCUT2D eigenvalue weighted by molar-refractivity contribution is -0.148. The summed E-state index contributed by atoms with van der Waals surface area (Å²) in [7, 11) is 1.41. The Morgan fingerprint density at radius 2 is 2.12 bits per heavy atom. The van der Waals surface area contributed by atoms with Crippen molar-refractivity contribution in [2.75, 3.05) is 13.7 Å². The fourth-order valence-corrected chi connectivity index (χ4v) is 2.40. The van der Waals surface area contributed by atoms with Gasteiger partial charge in [-0.15, -0.1) is 0 Å². The smallest absolute Gasteiger partial charge is 0.330 e. The van der Waals surface area contributed by atoms with Crippen LogP contribution in [0.3, 0.4) is 0 Å². The molecular formula is C13H18BrNO2. The number of halogens is 1. The Morgan fingerprint density at radius 3 is 2.65 bits per heavy atom. The first-order chi connectivity index (χ1) is 8.06. The highest BCUT2D eigenvalue weighted by atomic mass is 79.9. The highest BCUT2D eigenvalue weighted by Crippen LogP contribution is 2.29. The molecule has 1 aromatic carbocycles. The molecule has 0 aliphatic heterocycles. The van der Waals surface area contributed by atoms with Gasteiger partial charge in [-0.05, 0) is 31.5 Å². The molecule has 0 aromatic heterocycles. The lowest BCUT2D eigenvalue weighted by Gasteiger charge is -2.29. The third-order valence-electron chi connectivity index (χ3n) is 2.73. The van der Waals surface area contributed by atoms with Gasteiger partial charge in [-0.1, -0.05) is 41.1 Å². The maximum atomic E-state index is 12.0. The van der Waals surface area contributed by atoms with Gasteiger partial charge in [0, 0.05) is 4.47 Å². The van der Waals surface area contributed by atoms with E-state index in [2.05, 4.69) is 28.2 Å². The Bertz CT molecular complexity index is 395. The highest BCUT2D eigenvalue weighted by Gasteiger charge is 2.36. The average Bonchev–Trinajstić information content (AvgIpc) is 2.35. The van der Waals surface area contributed by atoms with Gasteiger partial charge >= 0.3 is 5.97 Å². The van der Waals surface area contributed by atoms with Crippen LogP contribution in [-0.4, -0.2) is 19.6 Å². The minimum absolute atomic E-state index is 0.280. The van der Waals surface area contributed by atoms with Crippen LogP contribution in [0.25, 0.3) is 0 Å². The Labute approximate surface area is 111 Å². The summed E-state index contributed by atoms with van der Waals surface area (Å²) in [5.74, 6) is -0.280. The molecular weight excluding hydrogens is 282 g/mol. The molecule has 1 rings (SSSR count). The topological polar surface area (TPSA) is 38.3 Å². The number of carbonyl (C=O) groups excluding carboxylic acids is 1. The molecule has 94 valence electrons. The van der Waals surface area contributed by atoms with Gasteiger partial charge in [0.15, 0.2) is 0 Å². The van der Waals surface area contributed by atoms with Crippen molar-refractivity contribution in [3.8, 4) is 0 Å². The number of esters is 1. The van der Waals surface area contributed by atoms with Crippen molar-refractivity contribution in [1.82, 2.24) is 5.32 Å². The van der Waals surface area contributed by atoms with Gasteiger partial charge in [0.25, 0.3) is 0 Å². The van der Waals surface area contributed by atoms with Gasteiger partial charge in [-0.2, -0.15) is 0 Å². The van der Waals surface area contributed by atoms with Crippen molar-refractivity contribution in [3.05, 3.63) is 34.3 Å². The van der Waals surface area contributed by atoms with Crippen LogP contribution in [0.1, 0.15) is 25.8 Å². The SMILES string of the molecule is CCCNC(C)(C(=O)OC)c1ccccc1Br. The molecule has 0 aliphatic rings. The molecule has 0 saturated carbocycles. The van der Waals surface area contributed by atoms with Gasteiger partial charge in [0.2, 0.25) is 0 Å². The molecule has 3 nitrogen and oxygen atoms in total. The largest absolute Gasteiger partial charge is 0.467 e. The summed E-state index contributed by atoms with van der Waals surface area (Å²) in [6.07, 6.45) is 0.955. The van der Waals surface area contributed by atoms with Crippen LogP contribution in [0.15, 0.2) is 28.7 Å². The third-order valence-corrected chi connectivity index (χ3v) is 3.43. The molecule has 1 atom stereocenters. The van der Waals surface area contributed by atoms with Gasteiger partial charge < -0.3 is 4.74 Å². The summed E-state index contributed by atoms with van der Waals surface area (Å²) in [4.78, 5) is 12.0. The second-order valence-electron chi connectivity index (χ2n) is 4.02. The van der Waals surface area contributed by atoms with Crippen LogP contribution in [0, 0.1) is 0 Å². The molecule has 0 aliphatic carbocycles. The maximum absolute atomic E-state index is 12.0. The Kier molecular flexibility index (Phi) is 5.15. The van der Waals surface area contributed by atoms with E-state index < -0.39 is 5.54 Å². The van der Waals surface area contributed by atoms with E-state index in [-0.39, 0.29) is 5.97 Å². The van der Waals surface area contributed by atoms with Crippen LogP contribution in [0.5, 0.6) is 0 Å². The molecule has 0 radical (unpaired) electrons. The first-order valence-electron chi connectivity index (χ1n) is 5.64. The van der Waals surface area contributed by atoms with Crippen LogP contribution in [0.2, 0.25) is 0 Å². The van der Waals surface area contributed by atoms with Crippen LogP contribution in [-0.2, 0) is 15.1 Å². The van der Waals surface area contributed by atoms with E-state index >= 15 is 0 Å². The van der Waals surface area contributed by atoms with Crippen molar-refractivity contribution in [2.45, 2.75) is 25.8 Å². The predicted octanol–water partition coefficient (Wildman–Crippen LogP) is 2.84. The minimum atomic E-state index is -0.815. The van der Waals surface area contributed by atoms with Crippen molar-refractivity contribution < 1.29 is 9.53 Å². The molecule has 0 spiro atoms. The summed E-state index contributed by atoms with van der Waals surface area (Å²) in [6.45, 7) is 4.66. The maximum Gasteiger partial charge on any atom is 0.330 e. The number of hydrogen-bond acceptors (Lipinski definition) is 3. The molecule has 1 unspecified atom stereocenters. The predicted molar refractivity (Wildman–Crippen MR) is 71.8 cm³/mol. The standard InChI is InChI=1S/C13H18BrNO2/c1-4-9-15-13(2,12(16)17-3)10-7-5-6-8-11(10)14/h5-8,15H,4,9H2,1-3H3. The normalized spacial score (nSPS) is 14.1. The second kappa shape index (κ2) is 6.17. The Morgan fingerprint density at radius 1 is 1.47 bits per heavy atom. The number of hydrogen-bond donors (Lipinski definition) is 1. The fraction of sp³-hybridized carbons (Fsp3) is 0.462. The molecule has 4 heteroatoms. The van der Waals surface area contributed by atoms with Gasteiger partial charge in [-0.3, -0.25) is 5.32 Å². The molecule has 1 aromatic rings. The number of nitrogens with one attached hydrogen (secondary N) is 1. The molecule has 0 fully saturated rings. The summed E-state index contributed by atoms with van der Waals surface area (Å²) in [5.41, 5.74) is 0.0745. The second-order valence-corrected chi connectivity index (χ2v) is 4.88. The van der Waals surface area contributed by atoms with Crippen molar-refractivity contribution in [2.24, 2.45) is 0 Å². The highest BCUT2D eigenvalue weighted by molar-refractivity contribution is 9.10. The molecule has 17 heavy (non-hydrogen) atoms. The Hall–Kier alpha value is -0.870. The summed E-state index contributed by atoms with van der Waals surface area (Å²) < 4.78 is 5.80. The minimum Gasteiger partial charge on any atom is -0.467 e. The zero-order chi connectivity index (χ0) is 12.9. The number of ether oxygens (including phenoxy) is 1. The lowest BCUT2D eigenvalue weighted by atomic mass is 9.92. The van der Waals surface area contributed by atoms with Crippen LogP contribution < -0.4 is 5.32 Å². The van der Waals surface area contributed by atoms with E-state index in [0.29, 0.717) is 0 Å². The molecule has 0 saturated heterocycles. The van der Waals surface area contributed by atoms with E-state index in [4.69, 9.17) is 4.74 Å². The number of carbonyl (C=O) groups is 1. The van der Waals surface area contributed by atoms with Crippen LogP contribution in [0.4, 0.5) is 0 Å². The summed E-state index contributed by atoms with van der Waals surface area (Å²) >= 11 is 3.47. The monoisotopic (exact) mass is 299 g/mol. The summed E-state index contributed by atoms with van der Waals surface area (Å²) in [5, 5.41) is 3.25. The fourth-order valence-electron chi connectivity index (χ4n) is 1.72. The van der Waals surface area contributed by atoms with E-state index in [1.54, 1.807) is 0 Å². The number of benzene rings is 1. The summed E-state index contributed by atoms with van der Waals surface area (Å²) in [6, 6.07) is 7.67. The van der Waals surface area contributed by atoms with E-state index in [9.17, 15) is 4.79 Å². The zero-order valence-corrected chi connectivity index (χ0v) is 12.0. The van der Waals surface area contributed by atoms with Crippen molar-refractivity contribution in [1.29, 1.82) is 0 Å². The third kappa shape index (κ3) is 3.07. The molecule has 1 N–H and O–H groups in total. The molecule has 0 heterocycles. The quantitative estimate of drug-likeness (QED) is 0.850. The lowest BCUT2D eigenvalue weighted by Crippen LogP contribution is -2.47. The average molecular weight is 300 g/mol. The van der Waals surface area contributed by atoms with Crippen LogP contribution >= 0.6 is 15.9 Å². The van der Waals surface area contributed by atoms with Crippen molar-refractivity contribution in [3.63, 3.8) is 0 Å². The van der Waals surface area contributed by atoms with Crippen molar-refractivity contribution >= 4 is 21.9 Å². The van der Waals surface area contributed by atoms with Gasteiger partial charge in [-0.25, -0.2) is 4.79 Å². The number of rotatable bonds is 5. The molecule has 0 bridgehead atoms. The number of methoxy groups -OCH3 is 1. The van der Waals surface area contributed by atoms with E-state index in [0.717, 1.165) is 23.0 Å². The molecule has 0 amide bonds. The van der Waals surface area contributed by atoms with Gasteiger partial charge in [0.05, 0.1) is 7.11 Å². The Balaban J connectivity index is 3.14. The van der Waals surface area contributed by atoms with E-state index in [1.807, 2.05) is 31.2 Å². The van der Waals surface area contributed by atoms with E-state index in [1.165, 1.54) is 7.11 Å². The zero-order valence-electron chi connectivity index (χ0n) is 10.4. The first-order valence-corrected chi connectivity index (χ1v) is 6.44.